The summed E-state index contributed by atoms with van der Waals surface area (Å²) in [5, 5.41) is 18.9. The lowest BCUT2D eigenvalue weighted by Crippen LogP contribution is -1.98. The molecule has 1 heterocycles. The lowest BCUT2D eigenvalue weighted by molar-refractivity contribution is -0.384. The summed E-state index contributed by atoms with van der Waals surface area (Å²) in [7, 11) is 1.79. The van der Waals surface area contributed by atoms with Crippen molar-refractivity contribution in [2.75, 3.05) is 5.73 Å². The number of hydrogen-bond acceptors (Lipinski definition) is 6. The number of aromatic nitrogens is 3. The van der Waals surface area contributed by atoms with Gasteiger partial charge >= 0.3 is 0 Å². The fourth-order valence-electron chi connectivity index (χ4n) is 1.31. The van der Waals surface area contributed by atoms with Gasteiger partial charge in [-0.3, -0.25) is 14.7 Å². The van der Waals surface area contributed by atoms with Crippen LogP contribution in [0, 0.1) is 10.1 Å². The molecule has 18 heavy (non-hydrogen) atoms. The van der Waals surface area contributed by atoms with Crippen molar-refractivity contribution >= 4 is 23.4 Å². The summed E-state index contributed by atoms with van der Waals surface area (Å²) in [5.41, 5.74) is 6.63. The standard InChI is InChI=1S/C10H11N5O2S/c1-14-9(11)12-13-10(14)18-6-7-2-4-8(5-3-7)15(16)17/h2-5H,6H2,1H3,(H2,11,12). The highest BCUT2D eigenvalue weighted by atomic mass is 32.2. The van der Waals surface area contributed by atoms with Crippen LogP contribution in [-0.2, 0) is 12.8 Å². The molecule has 0 saturated heterocycles. The van der Waals surface area contributed by atoms with Crippen LogP contribution in [0.2, 0.25) is 0 Å². The highest BCUT2D eigenvalue weighted by molar-refractivity contribution is 7.98. The van der Waals surface area contributed by atoms with Gasteiger partial charge in [0.25, 0.3) is 5.69 Å². The third kappa shape index (κ3) is 2.59. The quantitative estimate of drug-likeness (QED) is 0.512. The lowest BCUT2D eigenvalue weighted by Gasteiger charge is -2.01. The minimum absolute atomic E-state index is 0.0895. The van der Waals surface area contributed by atoms with E-state index in [9.17, 15) is 10.1 Å². The Bertz CT molecular complexity index is 566. The van der Waals surface area contributed by atoms with Crippen molar-refractivity contribution in [3.05, 3.63) is 39.9 Å². The van der Waals surface area contributed by atoms with Gasteiger partial charge in [-0.1, -0.05) is 23.9 Å². The molecule has 94 valence electrons. The molecule has 2 rings (SSSR count). The molecule has 2 aromatic rings. The van der Waals surface area contributed by atoms with Gasteiger partial charge in [-0.25, -0.2) is 0 Å². The van der Waals surface area contributed by atoms with Crippen molar-refractivity contribution < 1.29 is 4.92 Å². The Labute approximate surface area is 107 Å². The number of rotatable bonds is 4. The number of nitro groups is 1. The van der Waals surface area contributed by atoms with Crippen LogP contribution in [0.1, 0.15) is 5.56 Å². The van der Waals surface area contributed by atoms with E-state index in [0.29, 0.717) is 16.9 Å². The Morgan fingerprint density at radius 1 is 1.39 bits per heavy atom. The van der Waals surface area contributed by atoms with Gasteiger partial charge in [-0.05, 0) is 5.56 Å². The Morgan fingerprint density at radius 3 is 2.56 bits per heavy atom. The second-order valence-corrected chi connectivity index (χ2v) is 4.55. The van der Waals surface area contributed by atoms with E-state index < -0.39 is 4.92 Å². The van der Waals surface area contributed by atoms with Crippen molar-refractivity contribution in [2.24, 2.45) is 7.05 Å². The molecule has 0 aliphatic carbocycles. The first-order valence-corrected chi connectivity index (χ1v) is 6.07. The zero-order chi connectivity index (χ0) is 13.1. The van der Waals surface area contributed by atoms with E-state index in [1.807, 2.05) is 0 Å². The number of thioether (sulfide) groups is 1. The molecule has 2 N–H and O–H groups in total. The minimum atomic E-state index is -0.416. The van der Waals surface area contributed by atoms with Crippen molar-refractivity contribution in [3.8, 4) is 0 Å². The summed E-state index contributed by atoms with van der Waals surface area (Å²) in [6.07, 6.45) is 0. The third-order valence-electron chi connectivity index (χ3n) is 2.38. The number of benzene rings is 1. The number of nitrogens with zero attached hydrogens (tertiary/aromatic N) is 4. The van der Waals surface area contributed by atoms with Crippen molar-refractivity contribution in [3.63, 3.8) is 0 Å². The molecule has 1 aromatic carbocycles. The number of nitro benzene ring substituents is 1. The number of nitrogens with two attached hydrogens (primary N) is 1. The lowest BCUT2D eigenvalue weighted by atomic mass is 10.2. The van der Waals surface area contributed by atoms with Crippen LogP contribution in [0.5, 0.6) is 0 Å². The van der Waals surface area contributed by atoms with Crippen molar-refractivity contribution in [1.82, 2.24) is 14.8 Å². The second-order valence-electron chi connectivity index (χ2n) is 3.61. The minimum Gasteiger partial charge on any atom is -0.368 e. The molecule has 0 unspecified atom stereocenters. The number of non-ortho nitro benzene ring substituents is 1. The molecule has 0 spiro atoms. The Kier molecular flexibility index (Phi) is 3.47. The molecule has 7 nitrogen and oxygen atoms in total. The van der Waals surface area contributed by atoms with Gasteiger partial charge in [0.2, 0.25) is 5.95 Å². The van der Waals surface area contributed by atoms with Gasteiger partial charge in [0.1, 0.15) is 0 Å². The first kappa shape index (κ1) is 12.4. The maximum atomic E-state index is 10.5. The molecule has 0 amide bonds. The van der Waals surface area contributed by atoms with Crippen LogP contribution in [0.25, 0.3) is 0 Å². The Hall–Kier alpha value is -2.09. The second kappa shape index (κ2) is 5.05. The maximum absolute atomic E-state index is 10.5. The molecule has 0 saturated carbocycles. The molecule has 0 aliphatic heterocycles. The zero-order valence-corrected chi connectivity index (χ0v) is 10.4. The van der Waals surface area contributed by atoms with Crippen LogP contribution in [0.3, 0.4) is 0 Å². The predicted molar refractivity (Wildman–Crippen MR) is 68.1 cm³/mol. The predicted octanol–water partition coefficient (Wildman–Crippen LogP) is 1.60. The van der Waals surface area contributed by atoms with E-state index in [-0.39, 0.29) is 5.69 Å². The largest absolute Gasteiger partial charge is 0.368 e. The van der Waals surface area contributed by atoms with Gasteiger partial charge in [-0.15, -0.1) is 10.2 Å². The fraction of sp³-hybridized carbons (Fsp3) is 0.200. The van der Waals surface area contributed by atoms with E-state index in [0.717, 1.165) is 5.56 Å². The van der Waals surface area contributed by atoms with E-state index >= 15 is 0 Å². The Balaban J connectivity index is 2.02. The summed E-state index contributed by atoms with van der Waals surface area (Å²) in [6.45, 7) is 0. The molecular weight excluding hydrogens is 254 g/mol. The molecule has 0 bridgehead atoms. The summed E-state index contributed by atoms with van der Waals surface area (Å²) in [4.78, 5) is 10.1. The highest BCUT2D eigenvalue weighted by Crippen LogP contribution is 2.22. The zero-order valence-electron chi connectivity index (χ0n) is 9.61. The SMILES string of the molecule is Cn1c(N)nnc1SCc1ccc([N+](=O)[O-])cc1. The maximum Gasteiger partial charge on any atom is 0.269 e. The number of anilines is 1. The fourth-order valence-corrected chi connectivity index (χ4v) is 2.19. The Morgan fingerprint density at radius 2 is 2.06 bits per heavy atom. The molecule has 1 aromatic heterocycles. The molecule has 8 heteroatoms. The number of nitrogen functional groups attached to an aromatic ring is 1. The smallest absolute Gasteiger partial charge is 0.269 e. The molecule has 0 atom stereocenters. The molecule has 0 fully saturated rings. The normalized spacial score (nSPS) is 10.5. The van der Waals surface area contributed by atoms with Crippen LogP contribution < -0.4 is 5.73 Å². The molecule has 0 radical (unpaired) electrons. The van der Waals surface area contributed by atoms with Crippen LogP contribution in [-0.4, -0.2) is 19.7 Å². The third-order valence-corrected chi connectivity index (χ3v) is 3.48. The van der Waals surface area contributed by atoms with Crippen LogP contribution in [0.15, 0.2) is 29.4 Å². The molecule has 0 aliphatic rings. The topological polar surface area (TPSA) is 99.9 Å². The first-order chi connectivity index (χ1) is 8.58. The van der Waals surface area contributed by atoms with E-state index in [1.54, 1.807) is 23.7 Å². The van der Waals surface area contributed by atoms with Crippen molar-refractivity contribution in [1.29, 1.82) is 0 Å². The number of hydrogen-bond donors (Lipinski definition) is 1. The molecular formula is C10H11N5O2S. The first-order valence-electron chi connectivity index (χ1n) is 5.09. The summed E-state index contributed by atoms with van der Waals surface area (Å²) in [5.74, 6) is 1.02. The van der Waals surface area contributed by atoms with Crippen molar-refractivity contribution in [2.45, 2.75) is 10.9 Å². The summed E-state index contributed by atoms with van der Waals surface area (Å²) < 4.78 is 1.69. The van der Waals surface area contributed by atoms with Gasteiger partial charge in [-0.2, -0.15) is 0 Å². The highest BCUT2D eigenvalue weighted by Gasteiger charge is 2.08. The van der Waals surface area contributed by atoms with Gasteiger partial charge in [0.05, 0.1) is 4.92 Å². The van der Waals surface area contributed by atoms with Gasteiger partial charge in [0.15, 0.2) is 5.16 Å². The van der Waals surface area contributed by atoms with Gasteiger partial charge < -0.3 is 5.73 Å². The summed E-state index contributed by atoms with van der Waals surface area (Å²) >= 11 is 1.47. The monoisotopic (exact) mass is 265 g/mol. The van der Waals surface area contributed by atoms with Gasteiger partial charge in [0, 0.05) is 24.9 Å². The van der Waals surface area contributed by atoms with E-state index in [4.69, 9.17) is 5.73 Å². The van der Waals surface area contributed by atoms with E-state index in [2.05, 4.69) is 10.2 Å². The van der Waals surface area contributed by atoms with E-state index in [1.165, 1.54) is 23.9 Å². The summed E-state index contributed by atoms with van der Waals surface area (Å²) in [6, 6.07) is 6.43. The average molecular weight is 265 g/mol. The average Bonchev–Trinajstić information content (AvgIpc) is 2.68. The van der Waals surface area contributed by atoms with Crippen LogP contribution in [0.4, 0.5) is 11.6 Å². The van der Waals surface area contributed by atoms with Crippen LogP contribution >= 0.6 is 11.8 Å².